The summed E-state index contributed by atoms with van der Waals surface area (Å²) in [7, 11) is 0. The van der Waals surface area contributed by atoms with Crippen molar-refractivity contribution in [1.82, 2.24) is 4.90 Å². The molecular weight excluding hydrogens is 322 g/mol. The quantitative estimate of drug-likeness (QED) is 0.909. The Hall–Kier alpha value is -1.95. The van der Waals surface area contributed by atoms with Crippen LogP contribution in [0.15, 0.2) is 12.1 Å². The lowest BCUT2D eigenvalue weighted by Gasteiger charge is -2.21. The Morgan fingerprint density at radius 1 is 1.30 bits per heavy atom. The molecular formula is C16H18ClNO5. The summed E-state index contributed by atoms with van der Waals surface area (Å²) in [4.78, 5) is 25.2. The topological polar surface area (TPSA) is 76.1 Å². The molecule has 1 N–H and O–H groups in total. The van der Waals surface area contributed by atoms with E-state index in [1.54, 1.807) is 17.0 Å². The average molecular weight is 340 g/mol. The molecule has 1 saturated heterocycles. The van der Waals surface area contributed by atoms with E-state index in [4.69, 9.17) is 26.2 Å². The van der Waals surface area contributed by atoms with Crippen molar-refractivity contribution in [3.05, 3.63) is 22.7 Å². The number of carbonyl (C=O) groups excluding carboxylic acids is 1. The second-order valence-corrected chi connectivity index (χ2v) is 6.41. The van der Waals surface area contributed by atoms with E-state index in [0.29, 0.717) is 36.3 Å². The first-order valence-corrected chi connectivity index (χ1v) is 7.92. The maximum Gasteiger partial charge on any atom is 0.308 e. The number of carbonyl (C=O) groups is 2. The lowest BCUT2D eigenvalue weighted by atomic mass is 9.99. The number of halogens is 1. The summed E-state index contributed by atoms with van der Waals surface area (Å²) in [5.41, 5.74) is 0.732. The van der Waals surface area contributed by atoms with Gasteiger partial charge in [0.1, 0.15) is 13.2 Å². The molecule has 1 fully saturated rings. The highest BCUT2D eigenvalue weighted by Gasteiger charge is 2.36. The van der Waals surface area contributed by atoms with Gasteiger partial charge in [0.25, 0.3) is 0 Å². The van der Waals surface area contributed by atoms with Crippen molar-refractivity contribution in [3.8, 4) is 11.5 Å². The summed E-state index contributed by atoms with van der Waals surface area (Å²) >= 11 is 6.17. The third-order valence-corrected chi connectivity index (χ3v) is 4.57. The van der Waals surface area contributed by atoms with Gasteiger partial charge in [-0.3, -0.25) is 9.59 Å². The maximum atomic E-state index is 12.4. The number of rotatable bonds is 3. The summed E-state index contributed by atoms with van der Waals surface area (Å²) in [5, 5.41) is 9.58. The number of fused-ring (bicyclic) bond motifs is 1. The smallest absolute Gasteiger partial charge is 0.308 e. The summed E-state index contributed by atoms with van der Waals surface area (Å²) < 4.78 is 11.0. The number of hydrogen-bond acceptors (Lipinski definition) is 4. The number of aliphatic carboxylic acids is 1. The highest BCUT2D eigenvalue weighted by Crippen LogP contribution is 2.38. The van der Waals surface area contributed by atoms with Crippen LogP contribution in [-0.4, -0.2) is 48.2 Å². The molecule has 6 nitrogen and oxygen atoms in total. The number of benzene rings is 1. The first-order valence-electron chi connectivity index (χ1n) is 7.54. The van der Waals surface area contributed by atoms with Gasteiger partial charge in [-0.15, -0.1) is 0 Å². The highest BCUT2D eigenvalue weighted by molar-refractivity contribution is 6.32. The van der Waals surface area contributed by atoms with Crippen LogP contribution in [0.4, 0.5) is 0 Å². The molecule has 3 rings (SSSR count). The molecule has 1 aromatic rings. The molecule has 124 valence electrons. The third-order valence-electron chi connectivity index (χ3n) is 4.29. The fourth-order valence-electron chi connectivity index (χ4n) is 3.04. The minimum atomic E-state index is -0.852. The van der Waals surface area contributed by atoms with Crippen LogP contribution >= 0.6 is 11.6 Å². The van der Waals surface area contributed by atoms with E-state index in [2.05, 4.69) is 0 Å². The van der Waals surface area contributed by atoms with Gasteiger partial charge >= 0.3 is 5.97 Å². The van der Waals surface area contributed by atoms with Crippen LogP contribution in [0.2, 0.25) is 5.02 Å². The molecule has 2 heterocycles. The van der Waals surface area contributed by atoms with Gasteiger partial charge < -0.3 is 19.5 Å². The van der Waals surface area contributed by atoms with Crippen molar-refractivity contribution in [2.45, 2.75) is 13.3 Å². The molecule has 1 amide bonds. The van der Waals surface area contributed by atoms with Gasteiger partial charge in [-0.25, -0.2) is 0 Å². The van der Waals surface area contributed by atoms with Crippen LogP contribution in [0.3, 0.4) is 0 Å². The molecule has 7 heteroatoms. The van der Waals surface area contributed by atoms with Crippen molar-refractivity contribution in [2.24, 2.45) is 11.8 Å². The van der Waals surface area contributed by atoms with Crippen LogP contribution in [-0.2, 0) is 16.0 Å². The van der Waals surface area contributed by atoms with Crippen molar-refractivity contribution in [1.29, 1.82) is 0 Å². The molecule has 0 radical (unpaired) electrons. The lowest BCUT2D eigenvalue weighted by molar-refractivity contribution is -0.142. The van der Waals surface area contributed by atoms with Crippen LogP contribution < -0.4 is 9.47 Å². The van der Waals surface area contributed by atoms with E-state index >= 15 is 0 Å². The second kappa shape index (κ2) is 6.28. The zero-order chi connectivity index (χ0) is 16.6. The predicted octanol–water partition coefficient (Wildman–Crippen LogP) is 1.83. The molecule has 0 aromatic heterocycles. The summed E-state index contributed by atoms with van der Waals surface area (Å²) in [5.74, 6) is -0.439. The Labute approximate surface area is 138 Å². The normalized spacial score (nSPS) is 23.0. The lowest BCUT2D eigenvalue weighted by Crippen LogP contribution is -2.31. The van der Waals surface area contributed by atoms with Gasteiger partial charge in [0.15, 0.2) is 11.5 Å². The van der Waals surface area contributed by atoms with Crippen molar-refractivity contribution in [2.75, 3.05) is 26.3 Å². The zero-order valence-electron chi connectivity index (χ0n) is 12.8. The van der Waals surface area contributed by atoms with E-state index in [1.165, 1.54) is 0 Å². The van der Waals surface area contributed by atoms with E-state index < -0.39 is 11.9 Å². The van der Waals surface area contributed by atoms with Crippen molar-refractivity contribution in [3.63, 3.8) is 0 Å². The third kappa shape index (κ3) is 3.22. The average Bonchev–Trinajstić information content (AvgIpc) is 2.89. The van der Waals surface area contributed by atoms with Crippen LogP contribution in [0, 0.1) is 11.8 Å². The minimum absolute atomic E-state index is 0.0414. The van der Waals surface area contributed by atoms with Gasteiger partial charge in [0, 0.05) is 13.1 Å². The number of carboxylic acids is 1. The molecule has 0 spiro atoms. The van der Waals surface area contributed by atoms with E-state index in [1.807, 2.05) is 6.92 Å². The van der Waals surface area contributed by atoms with E-state index in [-0.39, 0.29) is 24.8 Å². The molecule has 2 aliphatic rings. The first kappa shape index (κ1) is 15.9. The first-order chi connectivity index (χ1) is 11.0. The number of ether oxygens (including phenoxy) is 2. The molecule has 0 bridgehead atoms. The Balaban J connectivity index is 1.71. The summed E-state index contributed by atoms with van der Waals surface area (Å²) in [6.45, 7) is 3.48. The van der Waals surface area contributed by atoms with Gasteiger partial charge in [0.2, 0.25) is 5.91 Å². The maximum absolute atomic E-state index is 12.4. The molecule has 1 aromatic carbocycles. The Bertz CT molecular complexity index is 648. The summed E-state index contributed by atoms with van der Waals surface area (Å²) in [6.07, 6.45) is 0.162. The number of carboxylic acid groups (broad SMARTS) is 1. The van der Waals surface area contributed by atoms with Crippen LogP contribution in [0.1, 0.15) is 12.5 Å². The van der Waals surface area contributed by atoms with Gasteiger partial charge in [-0.1, -0.05) is 18.5 Å². The predicted molar refractivity (Wildman–Crippen MR) is 83.0 cm³/mol. The zero-order valence-corrected chi connectivity index (χ0v) is 13.5. The number of hydrogen-bond donors (Lipinski definition) is 1. The Kier molecular flexibility index (Phi) is 4.35. The minimum Gasteiger partial charge on any atom is -0.486 e. The molecule has 2 aliphatic heterocycles. The van der Waals surface area contributed by atoms with Crippen LogP contribution in [0.25, 0.3) is 0 Å². The van der Waals surface area contributed by atoms with E-state index in [9.17, 15) is 9.59 Å². The number of amides is 1. The fraction of sp³-hybridized carbons (Fsp3) is 0.500. The number of likely N-dealkylation sites (tertiary alicyclic amines) is 1. The van der Waals surface area contributed by atoms with Gasteiger partial charge in [-0.2, -0.15) is 0 Å². The second-order valence-electron chi connectivity index (χ2n) is 6.00. The van der Waals surface area contributed by atoms with Gasteiger partial charge in [0.05, 0.1) is 17.4 Å². The Morgan fingerprint density at radius 2 is 2.04 bits per heavy atom. The van der Waals surface area contributed by atoms with E-state index in [0.717, 1.165) is 5.56 Å². The van der Waals surface area contributed by atoms with Gasteiger partial charge in [-0.05, 0) is 23.6 Å². The van der Waals surface area contributed by atoms with Crippen molar-refractivity contribution >= 4 is 23.5 Å². The van der Waals surface area contributed by atoms with Crippen molar-refractivity contribution < 1.29 is 24.2 Å². The molecule has 0 saturated carbocycles. The SMILES string of the molecule is C[C@@H]1CN(C(=O)Cc2cc(Cl)c3c(c2)OCCO3)C[C@H]1C(=O)O. The van der Waals surface area contributed by atoms with Crippen LogP contribution in [0.5, 0.6) is 11.5 Å². The largest absolute Gasteiger partial charge is 0.486 e. The standard InChI is InChI=1S/C16H18ClNO5/c1-9-7-18(8-11(9)16(20)21)14(19)6-10-4-12(17)15-13(5-10)22-2-3-23-15/h4-5,9,11H,2-3,6-8H2,1H3,(H,20,21)/t9-,11-/m1/s1. The monoisotopic (exact) mass is 339 g/mol. The highest BCUT2D eigenvalue weighted by atomic mass is 35.5. The fourth-order valence-corrected chi connectivity index (χ4v) is 3.33. The molecule has 0 unspecified atom stereocenters. The molecule has 0 aliphatic carbocycles. The summed E-state index contributed by atoms with van der Waals surface area (Å²) in [6, 6.07) is 3.45. The molecule has 23 heavy (non-hydrogen) atoms. The molecule has 2 atom stereocenters. The number of nitrogens with zero attached hydrogens (tertiary/aromatic N) is 1. The Morgan fingerprint density at radius 3 is 2.74 bits per heavy atom.